The van der Waals surface area contributed by atoms with Gasteiger partial charge in [-0.25, -0.2) is 9.64 Å². The van der Waals surface area contributed by atoms with Gasteiger partial charge in [0.25, 0.3) is 0 Å². The highest BCUT2D eigenvalue weighted by atomic mass is 79.9. The summed E-state index contributed by atoms with van der Waals surface area (Å²) in [4.78, 5) is 17.2. The largest absolute Gasteiger partial charge is 0.463 e. The monoisotopic (exact) mass is 491 g/mol. The smallest absolute Gasteiger partial charge is 0.328 e. The third-order valence-electron chi connectivity index (χ3n) is 6.38. The van der Waals surface area contributed by atoms with Gasteiger partial charge in [-0.05, 0) is 61.9 Å². The summed E-state index contributed by atoms with van der Waals surface area (Å²) < 4.78 is 10.7. The highest BCUT2D eigenvalue weighted by Gasteiger charge is 2.36. The van der Waals surface area contributed by atoms with Gasteiger partial charge in [0, 0.05) is 33.4 Å². The van der Waals surface area contributed by atoms with Gasteiger partial charge in [0.2, 0.25) is 11.4 Å². The van der Waals surface area contributed by atoms with E-state index in [0.29, 0.717) is 11.3 Å². The molecule has 0 fully saturated rings. The van der Waals surface area contributed by atoms with Gasteiger partial charge in [-0.2, -0.15) is 5.10 Å². The molecule has 6 nitrogen and oxygen atoms in total. The Morgan fingerprint density at radius 3 is 2.84 bits per heavy atom. The molecule has 32 heavy (non-hydrogen) atoms. The summed E-state index contributed by atoms with van der Waals surface area (Å²) in [6.45, 7) is 14.5. The number of aromatic amines is 1. The van der Waals surface area contributed by atoms with Crippen LogP contribution in [0.2, 0.25) is 0 Å². The molecule has 0 aliphatic heterocycles. The molecule has 0 saturated heterocycles. The van der Waals surface area contributed by atoms with E-state index in [-0.39, 0.29) is 12.6 Å². The molecule has 2 heterocycles. The average Bonchev–Trinajstić information content (AvgIpc) is 3.30. The van der Waals surface area contributed by atoms with Crippen molar-refractivity contribution in [2.45, 2.75) is 39.7 Å². The molecule has 162 valence electrons. The lowest BCUT2D eigenvalue weighted by Crippen LogP contribution is -2.35. The van der Waals surface area contributed by atoms with E-state index in [1.165, 1.54) is 0 Å². The predicted molar refractivity (Wildman–Crippen MR) is 128 cm³/mol. The molecule has 2 aromatic carbocycles. The van der Waals surface area contributed by atoms with E-state index in [0.717, 1.165) is 61.5 Å². The van der Waals surface area contributed by atoms with Crippen molar-refractivity contribution in [1.82, 2.24) is 9.67 Å². The summed E-state index contributed by atoms with van der Waals surface area (Å²) in [5, 5.41) is 5.07. The van der Waals surface area contributed by atoms with Crippen molar-refractivity contribution in [3.63, 3.8) is 0 Å². The fourth-order valence-electron chi connectivity index (χ4n) is 5.19. The number of nitrogens with zero attached hydrogens (tertiary/aromatic N) is 3. The number of carbonyl (C=O) groups excluding carboxylic acids is 1. The minimum atomic E-state index is -0.436. The van der Waals surface area contributed by atoms with Crippen LogP contribution in [0, 0.1) is 6.57 Å². The molecular weight excluding hydrogens is 468 g/mol. The summed E-state index contributed by atoms with van der Waals surface area (Å²) in [6, 6.07) is 6.36. The number of aromatic nitrogens is 3. The molecule has 0 radical (unpaired) electrons. The SMILES string of the molecule is [C-]#[N+]c1c(C(=O)OCC)c2c(c3c1c1cc(Br)ccc1n3C(C)C)CCc1c-2c[nH][n+]1C. The molecule has 2 aromatic heterocycles. The van der Waals surface area contributed by atoms with Crippen LogP contribution in [0.25, 0.3) is 37.8 Å². The summed E-state index contributed by atoms with van der Waals surface area (Å²) in [6.07, 6.45) is 3.59. The Morgan fingerprint density at radius 1 is 1.38 bits per heavy atom. The lowest BCUT2D eigenvalue weighted by molar-refractivity contribution is -0.733. The van der Waals surface area contributed by atoms with Gasteiger partial charge in [0.15, 0.2) is 7.05 Å². The number of H-pyrrole nitrogens is 1. The van der Waals surface area contributed by atoms with Crippen molar-refractivity contribution < 1.29 is 14.2 Å². The maximum atomic E-state index is 13.3. The van der Waals surface area contributed by atoms with Gasteiger partial charge in [0.1, 0.15) is 0 Å². The molecule has 1 aliphatic carbocycles. The zero-order valence-electron chi connectivity index (χ0n) is 18.5. The van der Waals surface area contributed by atoms with Crippen LogP contribution in [0.5, 0.6) is 0 Å². The van der Waals surface area contributed by atoms with Crippen molar-refractivity contribution in [3.8, 4) is 11.1 Å². The quantitative estimate of drug-likeness (QED) is 0.224. The van der Waals surface area contributed by atoms with Crippen molar-refractivity contribution in [2.75, 3.05) is 6.61 Å². The number of fused-ring (bicyclic) bond motifs is 7. The average molecular weight is 492 g/mol. The first-order chi connectivity index (χ1) is 15.4. The van der Waals surface area contributed by atoms with Crippen LogP contribution in [0.3, 0.4) is 0 Å². The summed E-state index contributed by atoms with van der Waals surface area (Å²) >= 11 is 3.60. The van der Waals surface area contributed by atoms with Gasteiger partial charge in [-0.1, -0.05) is 15.9 Å². The molecule has 0 saturated carbocycles. The van der Waals surface area contributed by atoms with E-state index in [1.807, 2.05) is 24.0 Å². The number of halogens is 1. The number of esters is 1. The van der Waals surface area contributed by atoms with Crippen molar-refractivity contribution in [1.29, 1.82) is 0 Å². The van der Waals surface area contributed by atoms with Crippen LogP contribution in [-0.2, 0) is 24.6 Å². The first-order valence-corrected chi connectivity index (χ1v) is 11.6. The molecule has 0 spiro atoms. The third kappa shape index (κ3) is 2.75. The Morgan fingerprint density at radius 2 is 2.16 bits per heavy atom. The molecular formula is C25H24BrN4O2+. The lowest BCUT2D eigenvalue weighted by atomic mass is 9.83. The highest BCUT2D eigenvalue weighted by Crippen LogP contribution is 2.49. The Hall–Kier alpha value is -3.11. The molecule has 5 rings (SSSR count). The van der Waals surface area contributed by atoms with Gasteiger partial charge in [-0.15, -0.1) is 4.68 Å². The number of carbonyl (C=O) groups is 1. The van der Waals surface area contributed by atoms with Gasteiger partial charge in [0.05, 0.1) is 30.5 Å². The van der Waals surface area contributed by atoms with E-state index in [4.69, 9.17) is 11.3 Å². The lowest BCUT2D eigenvalue weighted by Gasteiger charge is -2.22. The highest BCUT2D eigenvalue weighted by molar-refractivity contribution is 9.10. The van der Waals surface area contributed by atoms with Crippen LogP contribution in [0.4, 0.5) is 5.69 Å². The van der Waals surface area contributed by atoms with E-state index >= 15 is 0 Å². The maximum Gasteiger partial charge on any atom is 0.328 e. The molecule has 1 N–H and O–H groups in total. The summed E-state index contributed by atoms with van der Waals surface area (Å²) in [5.74, 6) is -0.436. The zero-order valence-corrected chi connectivity index (χ0v) is 20.1. The van der Waals surface area contributed by atoms with Crippen LogP contribution < -0.4 is 4.68 Å². The van der Waals surface area contributed by atoms with Crippen LogP contribution in [0.1, 0.15) is 48.4 Å². The fraction of sp³-hybridized carbons (Fsp3) is 0.320. The number of ether oxygens (including phenoxy) is 1. The summed E-state index contributed by atoms with van der Waals surface area (Å²) in [5.41, 5.74) is 6.93. The fourth-order valence-corrected chi connectivity index (χ4v) is 5.55. The minimum Gasteiger partial charge on any atom is -0.463 e. The Bertz CT molecular complexity index is 1470. The number of hydrogen-bond donors (Lipinski definition) is 1. The standard InChI is InChI=1S/C25H23BrN4O2/c1-6-32-25(31)22-20-15(8-10-18-17(20)12-28-29(18)5)24-21(23(22)27-4)16-11-14(26)7-9-19(16)30(24)13(2)3/h7,9,11-13H,6,8,10H2,1-3,5H3/p+1. The number of nitrogens with one attached hydrogen (secondary N) is 1. The number of aryl methyl sites for hydroxylation is 2. The van der Waals surface area contributed by atoms with Crippen molar-refractivity contribution in [2.24, 2.45) is 7.05 Å². The first-order valence-electron chi connectivity index (χ1n) is 10.8. The second-order valence-electron chi connectivity index (χ2n) is 8.45. The van der Waals surface area contributed by atoms with E-state index in [2.05, 4.69) is 56.4 Å². The molecule has 0 unspecified atom stereocenters. The van der Waals surface area contributed by atoms with E-state index < -0.39 is 5.97 Å². The maximum absolute atomic E-state index is 13.3. The molecule has 0 atom stereocenters. The number of rotatable bonds is 3. The minimum absolute atomic E-state index is 0.191. The van der Waals surface area contributed by atoms with E-state index in [1.54, 1.807) is 6.92 Å². The van der Waals surface area contributed by atoms with E-state index in [9.17, 15) is 4.79 Å². The second kappa shape index (κ2) is 7.49. The molecule has 4 aromatic rings. The number of hydrogen-bond acceptors (Lipinski definition) is 2. The summed E-state index contributed by atoms with van der Waals surface area (Å²) in [7, 11) is 1.98. The Balaban J connectivity index is 2.08. The van der Waals surface area contributed by atoms with Crippen molar-refractivity contribution >= 4 is 49.4 Å². The normalized spacial score (nSPS) is 12.8. The van der Waals surface area contributed by atoms with Crippen LogP contribution in [-0.4, -0.2) is 22.2 Å². The molecule has 0 amide bonds. The number of benzene rings is 2. The predicted octanol–water partition coefficient (Wildman–Crippen LogP) is 5.78. The van der Waals surface area contributed by atoms with Gasteiger partial charge >= 0.3 is 5.97 Å². The topological polar surface area (TPSA) is 55.3 Å². The van der Waals surface area contributed by atoms with Gasteiger partial charge < -0.3 is 9.30 Å². The van der Waals surface area contributed by atoms with Crippen LogP contribution >= 0.6 is 15.9 Å². The first kappa shape index (κ1) is 20.8. The second-order valence-corrected chi connectivity index (χ2v) is 9.37. The Labute approximate surface area is 194 Å². The Kier molecular flexibility index (Phi) is 4.86. The zero-order chi connectivity index (χ0) is 22.7. The third-order valence-corrected chi connectivity index (χ3v) is 6.88. The van der Waals surface area contributed by atoms with Crippen molar-refractivity contribution in [3.05, 3.63) is 57.1 Å². The van der Waals surface area contributed by atoms with Gasteiger partial charge in [-0.3, -0.25) is 0 Å². The van der Waals surface area contributed by atoms with Crippen LogP contribution in [0.15, 0.2) is 28.9 Å². The molecule has 0 bridgehead atoms. The molecule has 1 aliphatic rings. The molecule has 7 heteroatoms.